The van der Waals surface area contributed by atoms with E-state index in [9.17, 15) is 4.79 Å². The predicted molar refractivity (Wildman–Crippen MR) is 147 cm³/mol. The normalized spacial score (nSPS) is 25.4. The highest BCUT2D eigenvalue weighted by Crippen LogP contribution is 2.41. The van der Waals surface area contributed by atoms with Crippen LogP contribution in [0.1, 0.15) is 78.1 Å². The number of unbranched alkanes of at least 4 members (excludes halogenated alkanes) is 3. The fourth-order valence-corrected chi connectivity index (χ4v) is 6.85. The number of piperidine rings is 1. The van der Waals surface area contributed by atoms with Crippen molar-refractivity contribution >= 4 is 11.6 Å². The Labute approximate surface area is 214 Å². The van der Waals surface area contributed by atoms with E-state index in [0.717, 1.165) is 70.0 Å². The van der Waals surface area contributed by atoms with Crippen LogP contribution in [-0.4, -0.2) is 79.1 Å². The lowest BCUT2D eigenvalue weighted by molar-refractivity contribution is -0.134. The van der Waals surface area contributed by atoms with Gasteiger partial charge in [0.1, 0.15) is 5.54 Å². The Kier molecular flexibility index (Phi) is 9.15. The van der Waals surface area contributed by atoms with Gasteiger partial charge in [0.15, 0.2) is 0 Å². The highest BCUT2D eigenvalue weighted by Gasteiger charge is 2.53. The summed E-state index contributed by atoms with van der Waals surface area (Å²) < 4.78 is 0. The van der Waals surface area contributed by atoms with Gasteiger partial charge in [0.05, 0.1) is 6.67 Å². The van der Waals surface area contributed by atoms with Crippen molar-refractivity contribution < 1.29 is 4.79 Å². The van der Waals surface area contributed by atoms with Gasteiger partial charge < -0.3 is 19.6 Å². The molecule has 3 fully saturated rings. The van der Waals surface area contributed by atoms with E-state index in [2.05, 4.69) is 77.9 Å². The molecule has 0 N–H and O–H groups in total. The van der Waals surface area contributed by atoms with Gasteiger partial charge in [-0.3, -0.25) is 4.79 Å². The number of hydrogen-bond acceptors (Lipinski definition) is 4. The molecule has 1 aromatic rings. The third-order valence-corrected chi connectivity index (χ3v) is 9.19. The van der Waals surface area contributed by atoms with Crippen molar-refractivity contribution in [1.82, 2.24) is 14.7 Å². The van der Waals surface area contributed by atoms with Gasteiger partial charge in [-0.1, -0.05) is 44.9 Å². The highest BCUT2D eigenvalue weighted by molar-refractivity contribution is 5.93. The van der Waals surface area contributed by atoms with Crippen LogP contribution in [0.4, 0.5) is 5.69 Å². The van der Waals surface area contributed by atoms with Crippen LogP contribution in [0.2, 0.25) is 0 Å². The summed E-state index contributed by atoms with van der Waals surface area (Å²) in [5.74, 6) is 2.11. The predicted octanol–water partition coefficient (Wildman–Crippen LogP) is 5.46. The molecule has 0 aromatic heterocycles. The second-order valence-electron chi connectivity index (χ2n) is 12.1. The molecular weight excluding hydrogens is 432 g/mol. The van der Waals surface area contributed by atoms with Gasteiger partial charge in [-0.2, -0.15) is 0 Å². The summed E-state index contributed by atoms with van der Waals surface area (Å²) in [7, 11) is 4.28. The van der Waals surface area contributed by atoms with E-state index in [1.165, 1.54) is 50.6 Å². The molecule has 5 nitrogen and oxygen atoms in total. The topological polar surface area (TPSA) is 30.0 Å². The van der Waals surface area contributed by atoms with Crippen LogP contribution in [0.25, 0.3) is 0 Å². The average molecular weight is 483 g/mol. The van der Waals surface area contributed by atoms with E-state index in [-0.39, 0.29) is 5.54 Å². The number of hydrogen-bond donors (Lipinski definition) is 0. The van der Waals surface area contributed by atoms with Crippen LogP contribution in [0.15, 0.2) is 30.3 Å². The summed E-state index contributed by atoms with van der Waals surface area (Å²) in [5.41, 5.74) is 0.859. The molecule has 35 heavy (non-hydrogen) atoms. The van der Waals surface area contributed by atoms with Gasteiger partial charge in [0.25, 0.3) is 0 Å². The van der Waals surface area contributed by atoms with Crippen molar-refractivity contribution in [2.24, 2.45) is 11.8 Å². The van der Waals surface area contributed by atoms with E-state index in [0.29, 0.717) is 5.91 Å². The van der Waals surface area contributed by atoms with E-state index in [1.54, 1.807) is 0 Å². The minimum absolute atomic E-state index is 0.349. The van der Waals surface area contributed by atoms with Crippen molar-refractivity contribution in [3.05, 3.63) is 30.3 Å². The molecule has 1 aromatic carbocycles. The average Bonchev–Trinajstić information content (AvgIpc) is 3.13. The molecule has 3 aliphatic rings. The maximum Gasteiger partial charge on any atom is 0.250 e. The first-order valence-corrected chi connectivity index (χ1v) is 14.4. The number of carbonyl (C=O) groups excluding carboxylic acids is 1. The van der Waals surface area contributed by atoms with E-state index in [1.807, 2.05) is 0 Å². The molecule has 1 amide bonds. The monoisotopic (exact) mass is 482 g/mol. The molecule has 0 radical (unpaired) electrons. The first kappa shape index (κ1) is 26.5. The first-order chi connectivity index (χ1) is 16.9. The standard InChI is InChI=1S/C30H50N4O/c1-25(2)26-14-16-27(17-15-26)32-22-18-30(19-23-32)29(35)33(21-11-6-5-10-20-31(3)4)24-34(30)28-12-8-7-9-13-28/h7-9,12-13,25-27H,5-6,10-11,14-24H2,1-4H3. The molecule has 1 saturated carbocycles. The quantitative estimate of drug-likeness (QED) is 0.414. The lowest BCUT2D eigenvalue weighted by Gasteiger charge is -2.47. The number of nitrogens with zero attached hydrogens (tertiary/aromatic N) is 4. The molecule has 0 atom stereocenters. The maximum atomic E-state index is 13.9. The van der Waals surface area contributed by atoms with Crippen LogP contribution in [0, 0.1) is 11.8 Å². The Morgan fingerprint density at radius 3 is 2.23 bits per heavy atom. The van der Waals surface area contributed by atoms with Gasteiger partial charge in [-0.25, -0.2) is 0 Å². The number of anilines is 1. The number of rotatable bonds is 10. The van der Waals surface area contributed by atoms with Crippen molar-refractivity contribution in [1.29, 1.82) is 0 Å². The van der Waals surface area contributed by atoms with Gasteiger partial charge in [-0.05, 0) is 96.0 Å². The number of likely N-dealkylation sites (tertiary alicyclic amines) is 1. The number of carbonyl (C=O) groups is 1. The Bertz CT molecular complexity index is 779. The summed E-state index contributed by atoms with van der Waals surface area (Å²) in [5, 5.41) is 0. The van der Waals surface area contributed by atoms with Crippen molar-refractivity contribution in [2.75, 3.05) is 51.8 Å². The van der Waals surface area contributed by atoms with Gasteiger partial charge >= 0.3 is 0 Å². The zero-order chi connectivity index (χ0) is 24.8. The second-order valence-corrected chi connectivity index (χ2v) is 12.1. The van der Waals surface area contributed by atoms with Crippen molar-refractivity contribution in [3.8, 4) is 0 Å². The molecule has 2 saturated heterocycles. The van der Waals surface area contributed by atoms with Crippen LogP contribution in [-0.2, 0) is 4.79 Å². The van der Waals surface area contributed by atoms with Crippen LogP contribution in [0.3, 0.4) is 0 Å². The third-order valence-electron chi connectivity index (χ3n) is 9.19. The van der Waals surface area contributed by atoms with E-state index in [4.69, 9.17) is 0 Å². The molecule has 2 heterocycles. The second kappa shape index (κ2) is 12.1. The Hall–Kier alpha value is -1.59. The van der Waals surface area contributed by atoms with Gasteiger partial charge in [0.2, 0.25) is 5.91 Å². The summed E-state index contributed by atoms with van der Waals surface area (Å²) in [6, 6.07) is 11.4. The Morgan fingerprint density at radius 2 is 1.60 bits per heavy atom. The van der Waals surface area contributed by atoms with Crippen LogP contribution < -0.4 is 4.90 Å². The lowest BCUT2D eigenvalue weighted by atomic mass is 9.78. The first-order valence-electron chi connectivity index (χ1n) is 14.4. The zero-order valence-corrected chi connectivity index (χ0v) is 22.9. The number of benzene rings is 1. The van der Waals surface area contributed by atoms with Crippen LogP contribution in [0.5, 0.6) is 0 Å². The fraction of sp³-hybridized carbons (Fsp3) is 0.767. The van der Waals surface area contributed by atoms with E-state index < -0.39 is 0 Å². The molecule has 196 valence electrons. The summed E-state index contributed by atoms with van der Waals surface area (Å²) in [6.07, 6.45) is 12.2. The molecular formula is C30H50N4O. The Morgan fingerprint density at radius 1 is 0.943 bits per heavy atom. The molecule has 1 spiro atoms. The molecule has 0 unspecified atom stereocenters. The SMILES string of the molecule is CC(C)C1CCC(N2CCC3(CC2)C(=O)N(CCCCCCN(C)C)CN3c2ccccc2)CC1. The molecule has 4 rings (SSSR count). The minimum Gasteiger partial charge on any atom is -0.339 e. The fourth-order valence-electron chi connectivity index (χ4n) is 6.85. The lowest BCUT2D eigenvalue weighted by Crippen LogP contribution is -2.58. The molecule has 2 aliphatic heterocycles. The number of para-hydroxylation sites is 1. The summed E-state index contributed by atoms with van der Waals surface area (Å²) in [4.78, 5) is 23.5. The van der Waals surface area contributed by atoms with Gasteiger partial charge in [0, 0.05) is 31.4 Å². The maximum absolute atomic E-state index is 13.9. The van der Waals surface area contributed by atoms with Crippen molar-refractivity contribution in [2.45, 2.75) is 89.6 Å². The summed E-state index contributed by atoms with van der Waals surface area (Å²) >= 11 is 0. The number of amides is 1. The van der Waals surface area contributed by atoms with Crippen molar-refractivity contribution in [3.63, 3.8) is 0 Å². The highest BCUT2D eigenvalue weighted by atomic mass is 16.2. The largest absolute Gasteiger partial charge is 0.339 e. The summed E-state index contributed by atoms with van der Waals surface area (Å²) in [6.45, 7) is 9.69. The molecule has 5 heteroatoms. The Balaban J connectivity index is 1.37. The smallest absolute Gasteiger partial charge is 0.250 e. The van der Waals surface area contributed by atoms with Gasteiger partial charge in [-0.15, -0.1) is 0 Å². The van der Waals surface area contributed by atoms with Crippen LogP contribution >= 0.6 is 0 Å². The zero-order valence-electron chi connectivity index (χ0n) is 22.9. The minimum atomic E-state index is -0.349. The molecule has 1 aliphatic carbocycles. The van der Waals surface area contributed by atoms with E-state index >= 15 is 0 Å². The third kappa shape index (κ3) is 6.22. The molecule has 0 bridgehead atoms.